The van der Waals surface area contributed by atoms with Crippen LogP contribution in [0.25, 0.3) is 11.0 Å². The zero-order valence-corrected chi connectivity index (χ0v) is 18.1. The number of methoxy groups -OCH3 is 2. The Morgan fingerprint density at radius 1 is 1.06 bits per heavy atom. The van der Waals surface area contributed by atoms with E-state index in [9.17, 15) is 9.59 Å². The second-order valence-corrected chi connectivity index (χ2v) is 7.73. The molecule has 9 heteroatoms. The highest BCUT2D eigenvalue weighted by Crippen LogP contribution is 2.44. The summed E-state index contributed by atoms with van der Waals surface area (Å²) in [6.45, 7) is 1.71. The molecule has 3 heterocycles. The largest absolute Gasteiger partial charge is 0.497 e. The molecule has 0 saturated heterocycles. The van der Waals surface area contributed by atoms with Crippen LogP contribution in [0.3, 0.4) is 0 Å². The van der Waals surface area contributed by atoms with Crippen LogP contribution in [0.4, 0.5) is 5.82 Å². The van der Waals surface area contributed by atoms with Crippen LogP contribution in [0.5, 0.6) is 11.5 Å². The summed E-state index contributed by atoms with van der Waals surface area (Å²) in [5.41, 5.74) is 0.598. The van der Waals surface area contributed by atoms with Crippen molar-refractivity contribution >= 4 is 34.3 Å². The average Bonchev–Trinajstić information content (AvgIpc) is 3.34. The van der Waals surface area contributed by atoms with Gasteiger partial charge in [-0.3, -0.25) is 14.5 Å². The number of ether oxygens (including phenoxy) is 2. The van der Waals surface area contributed by atoms with Gasteiger partial charge in [0.2, 0.25) is 5.76 Å². The first-order valence-electron chi connectivity index (χ1n) is 9.68. The van der Waals surface area contributed by atoms with Gasteiger partial charge in [0.15, 0.2) is 11.2 Å². The molecule has 1 atom stereocenters. The molecule has 1 aliphatic rings. The number of aryl methyl sites for hydroxylation is 1. The van der Waals surface area contributed by atoms with Crippen LogP contribution in [-0.2, 0) is 0 Å². The van der Waals surface area contributed by atoms with Crippen LogP contribution >= 0.6 is 11.6 Å². The van der Waals surface area contributed by atoms with Crippen molar-refractivity contribution in [3.05, 3.63) is 80.4 Å². The van der Waals surface area contributed by atoms with Gasteiger partial charge in [-0.15, -0.1) is 0 Å². The third-order valence-corrected chi connectivity index (χ3v) is 5.66. The maximum Gasteiger partial charge on any atom is 0.296 e. The number of carbonyl (C=O) groups excluding carboxylic acids is 1. The van der Waals surface area contributed by atoms with Gasteiger partial charge >= 0.3 is 0 Å². The van der Waals surface area contributed by atoms with Crippen LogP contribution in [-0.4, -0.2) is 25.3 Å². The molecule has 1 aliphatic heterocycles. The number of aromatic nitrogens is 1. The van der Waals surface area contributed by atoms with Crippen molar-refractivity contribution in [1.82, 2.24) is 5.16 Å². The van der Waals surface area contributed by atoms with Crippen molar-refractivity contribution in [3.8, 4) is 11.5 Å². The molecule has 2 aromatic heterocycles. The molecule has 0 N–H and O–H groups in total. The van der Waals surface area contributed by atoms with E-state index < -0.39 is 11.9 Å². The summed E-state index contributed by atoms with van der Waals surface area (Å²) >= 11 is 6.12. The monoisotopic (exact) mass is 452 g/mol. The maximum absolute atomic E-state index is 13.6. The number of nitrogens with zero attached hydrogens (tertiary/aromatic N) is 2. The molecule has 0 saturated carbocycles. The minimum atomic E-state index is -0.883. The fourth-order valence-corrected chi connectivity index (χ4v) is 4.17. The SMILES string of the molecule is COc1ccc(OC)c([C@H]2c3c(oc4ccc(Cl)cc4c3=O)C(=O)N2c2cc(C)on2)c1. The molecule has 2 aromatic carbocycles. The zero-order chi connectivity index (χ0) is 22.6. The fraction of sp³-hybridized carbons (Fsp3) is 0.174. The van der Waals surface area contributed by atoms with Crippen LogP contribution in [0.15, 0.2) is 56.2 Å². The second-order valence-electron chi connectivity index (χ2n) is 7.30. The smallest absolute Gasteiger partial charge is 0.296 e. The molecule has 1 amide bonds. The van der Waals surface area contributed by atoms with Crippen molar-refractivity contribution in [2.45, 2.75) is 13.0 Å². The molecule has 32 heavy (non-hydrogen) atoms. The summed E-state index contributed by atoms with van der Waals surface area (Å²) in [7, 11) is 3.04. The molecule has 0 radical (unpaired) electrons. The Morgan fingerprint density at radius 3 is 2.56 bits per heavy atom. The summed E-state index contributed by atoms with van der Waals surface area (Å²) in [5.74, 6) is 1.17. The second kappa shape index (κ2) is 7.42. The minimum Gasteiger partial charge on any atom is -0.497 e. The van der Waals surface area contributed by atoms with Crippen molar-refractivity contribution in [1.29, 1.82) is 0 Å². The van der Waals surface area contributed by atoms with Crippen LogP contribution in [0.1, 0.15) is 33.5 Å². The summed E-state index contributed by atoms with van der Waals surface area (Å²) in [4.78, 5) is 28.5. The highest BCUT2D eigenvalue weighted by atomic mass is 35.5. The third kappa shape index (κ3) is 2.95. The topological polar surface area (TPSA) is 95.0 Å². The number of benzene rings is 2. The first-order valence-corrected chi connectivity index (χ1v) is 10.1. The number of hydrogen-bond acceptors (Lipinski definition) is 7. The standard InChI is InChI=1S/C23H17ClN2O6/c1-11-8-18(25-32-11)26-20(14-10-13(29-2)5-7-16(14)30-3)19-21(27)15-9-12(24)4-6-17(15)31-22(19)23(26)28/h4-10,20H,1-3H3/t20-/m0/s1. The highest BCUT2D eigenvalue weighted by Gasteiger charge is 2.46. The van der Waals surface area contributed by atoms with E-state index in [-0.39, 0.29) is 33.5 Å². The van der Waals surface area contributed by atoms with E-state index in [4.69, 9.17) is 30.0 Å². The Balaban J connectivity index is 1.86. The van der Waals surface area contributed by atoms with Gasteiger partial charge in [-0.05, 0) is 43.3 Å². The van der Waals surface area contributed by atoms with Gasteiger partial charge in [-0.1, -0.05) is 16.8 Å². The Kier molecular flexibility index (Phi) is 4.67. The van der Waals surface area contributed by atoms with Crippen LogP contribution < -0.4 is 19.8 Å². The number of rotatable bonds is 4. The summed E-state index contributed by atoms with van der Waals surface area (Å²) < 4.78 is 22.0. The lowest BCUT2D eigenvalue weighted by molar-refractivity contribution is 0.0969. The number of fused-ring (bicyclic) bond motifs is 2. The average molecular weight is 453 g/mol. The van der Waals surface area contributed by atoms with Crippen LogP contribution in [0.2, 0.25) is 5.02 Å². The molecule has 0 bridgehead atoms. The van der Waals surface area contributed by atoms with Crippen molar-refractivity contribution in [3.63, 3.8) is 0 Å². The number of anilines is 1. The lowest BCUT2D eigenvalue weighted by atomic mass is 9.97. The van der Waals surface area contributed by atoms with Crippen molar-refractivity contribution < 1.29 is 23.2 Å². The van der Waals surface area contributed by atoms with Gasteiger partial charge in [0, 0.05) is 16.7 Å². The van der Waals surface area contributed by atoms with E-state index in [0.717, 1.165) is 0 Å². The lowest BCUT2D eigenvalue weighted by Gasteiger charge is -2.24. The Labute approximate surface area is 186 Å². The van der Waals surface area contributed by atoms with Crippen LogP contribution in [0, 0.1) is 6.92 Å². The van der Waals surface area contributed by atoms with Gasteiger partial charge in [0.25, 0.3) is 5.91 Å². The Bertz CT molecular complexity index is 1440. The van der Waals surface area contributed by atoms with E-state index in [1.165, 1.54) is 25.2 Å². The molecule has 4 aromatic rings. The quantitative estimate of drug-likeness (QED) is 0.449. The molecule has 0 fully saturated rings. The van der Waals surface area contributed by atoms with Gasteiger partial charge < -0.3 is 18.4 Å². The molecule has 5 rings (SSSR count). The normalized spacial score (nSPS) is 15.3. The Hall–Kier alpha value is -3.78. The fourth-order valence-electron chi connectivity index (χ4n) is 4.00. The predicted octanol–water partition coefficient (Wildman–Crippen LogP) is 4.51. The molecular formula is C23H17ClN2O6. The molecule has 0 spiro atoms. The number of halogens is 1. The van der Waals surface area contributed by atoms with E-state index in [2.05, 4.69) is 5.16 Å². The molecule has 162 valence electrons. The first kappa shape index (κ1) is 20.1. The summed E-state index contributed by atoms with van der Waals surface area (Å²) in [6, 6.07) is 10.6. The minimum absolute atomic E-state index is 0.0691. The predicted molar refractivity (Wildman–Crippen MR) is 117 cm³/mol. The highest BCUT2D eigenvalue weighted by molar-refractivity contribution is 6.31. The summed E-state index contributed by atoms with van der Waals surface area (Å²) in [6.07, 6.45) is 0. The van der Waals surface area contributed by atoms with E-state index in [0.29, 0.717) is 27.8 Å². The molecular weight excluding hydrogens is 436 g/mol. The van der Waals surface area contributed by atoms with Crippen molar-refractivity contribution in [2.24, 2.45) is 0 Å². The zero-order valence-electron chi connectivity index (χ0n) is 17.3. The number of carbonyl (C=O) groups is 1. The Morgan fingerprint density at radius 2 is 1.88 bits per heavy atom. The van der Waals surface area contributed by atoms with E-state index >= 15 is 0 Å². The number of amides is 1. The van der Waals surface area contributed by atoms with Gasteiger partial charge in [-0.2, -0.15) is 0 Å². The maximum atomic E-state index is 13.6. The first-order chi connectivity index (χ1) is 15.4. The van der Waals surface area contributed by atoms with Crippen molar-refractivity contribution in [2.75, 3.05) is 19.1 Å². The summed E-state index contributed by atoms with van der Waals surface area (Å²) in [5, 5.41) is 4.67. The molecule has 0 aliphatic carbocycles. The van der Waals surface area contributed by atoms with E-state index in [1.807, 2.05) is 0 Å². The lowest BCUT2D eigenvalue weighted by Crippen LogP contribution is -2.30. The number of hydrogen-bond donors (Lipinski definition) is 0. The van der Waals surface area contributed by atoms with Gasteiger partial charge in [0.1, 0.15) is 28.9 Å². The molecule has 8 nitrogen and oxygen atoms in total. The van der Waals surface area contributed by atoms with E-state index in [1.54, 1.807) is 43.3 Å². The molecule has 0 unspecified atom stereocenters. The van der Waals surface area contributed by atoms with Gasteiger partial charge in [-0.25, -0.2) is 0 Å². The van der Waals surface area contributed by atoms with Gasteiger partial charge in [0.05, 0.1) is 25.2 Å². The third-order valence-electron chi connectivity index (χ3n) is 5.43.